The number of nitrogens with one attached hydrogen (secondary N) is 1. The van der Waals surface area contributed by atoms with Crippen molar-refractivity contribution < 1.29 is 14.3 Å². The molecule has 1 aromatic carbocycles. The Hall–Kier alpha value is -3.00. The van der Waals surface area contributed by atoms with E-state index < -0.39 is 5.97 Å². The van der Waals surface area contributed by atoms with Crippen molar-refractivity contribution in [3.8, 4) is 0 Å². The third-order valence-electron chi connectivity index (χ3n) is 7.01. The SMILES string of the molecule is Cc1ccccc1NC(=O)c1sc2ncn(CC(=O)OC3CCC(C(C)(C)C)CC3)c(=O)c2c1C. The fourth-order valence-corrected chi connectivity index (χ4v) is 5.82. The first-order valence-corrected chi connectivity index (χ1v) is 12.9. The Kier molecular flexibility index (Phi) is 7.12. The van der Waals surface area contributed by atoms with E-state index in [1.54, 1.807) is 6.92 Å². The van der Waals surface area contributed by atoms with Crippen LogP contribution < -0.4 is 10.9 Å². The summed E-state index contributed by atoms with van der Waals surface area (Å²) >= 11 is 1.18. The Morgan fingerprint density at radius 1 is 1.14 bits per heavy atom. The van der Waals surface area contributed by atoms with Gasteiger partial charge in [0.2, 0.25) is 0 Å². The molecular formula is C27H33N3O4S. The Morgan fingerprint density at radius 2 is 1.83 bits per heavy atom. The lowest BCUT2D eigenvalue weighted by Gasteiger charge is -2.36. The van der Waals surface area contributed by atoms with Crippen molar-refractivity contribution in [3.63, 3.8) is 0 Å². The molecule has 1 N–H and O–H groups in total. The number of carbonyl (C=O) groups is 2. The molecule has 1 fully saturated rings. The molecule has 35 heavy (non-hydrogen) atoms. The van der Waals surface area contributed by atoms with Gasteiger partial charge in [-0.2, -0.15) is 0 Å². The van der Waals surface area contributed by atoms with Crippen LogP contribution in [0.1, 0.15) is 67.3 Å². The highest BCUT2D eigenvalue weighted by atomic mass is 32.1. The molecule has 0 spiro atoms. The number of ether oxygens (including phenoxy) is 1. The maximum absolute atomic E-state index is 13.2. The maximum atomic E-state index is 13.2. The lowest BCUT2D eigenvalue weighted by Crippen LogP contribution is -2.32. The first-order chi connectivity index (χ1) is 16.5. The smallest absolute Gasteiger partial charge is 0.326 e. The predicted molar refractivity (Wildman–Crippen MR) is 139 cm³/mol. The molecule has 0 atom stereocenters. The standard InChI is InChI=1S/C27H33N3O4S/c1-16-8-6-7-9-20(16)29-24(32)23-17(2)22-25(35-23)28-15-30(26(22)33)14-21(31)34-19-12-10-18(11-13-19)27(3,4)5/h6-9,15,18-19H,10-14H2,1-5H3,(H,29,32). The molecule has 4 rings (SSSR count). The summed E-state index contributed by atoms with van der Waals surface area (Å²) in [6, 6.07) is 7.52. The van der Waals surface area contributed by atoms with Gasteiger partial charge in [0.15, 0.2) is 0 Å². The summed E-state index contributed by atoms with van der Waals surface area (Å²) in [5.74, 6) is -0.0840. The summed E-state index contributed by atoms with van der Waals surface area (Å²) < 4.78 is 6.96. The molecule has 2 heterocycles. The van der Waals surface area contributed by atoms with Gasteiger partial charge >= 0.3 is 5.97 Å². The van der Waals surface area contributed by atoms with Gasteiger partial charge in [0.1, 0.15) is 17.5 Å². The lowest BCUT2D eigenvalue weighted by atomic mass is 9.72. The van der Waals surface area contributed by atoms with Crippen LogP contribution in [0.3, 0.4) is 0 Å². The zero-order chi connectivity index (χ0) is 25.3. The number of fused-ring (bicyclic) bond motifs is 1. The van der Waals surface area contributed by atoms with E-state index in [1.807, 2.05) is 31.2 Å². The Bertz CT molecular complexity index is 1310. The van der Waals surface area contributed by atoms with Gasteiger partial charge in [-0.3, -0.25) is 19.0 Å². The summed E-state index contributed by atoms with van der Waals surface area (Å²) in [5.41, 5.74) is 2.16. The Labute approximate surface area is 209 Å². The van der Waals surface area contributed by atoms with Crippen molar-refractivity contribution in [3.05, 3.63) is 57.0 Å². The molecular weight excluding hydrogens is 462 g/mol. The van der Waals surface area contributed by atoms with Crippen LogP contribution in [0.5, 0.6) is 0 Å². The van der Waals surface area contributed by atoms with Crippen molar-refractivity contribution in [2.24, 2.45) is 11.3 Å². The average molecular weight is 496 g/mol. The van der Waals surface area contributed by atoms with E-state index in [0.29, 0.717) is 26.6 Å². The number of nitrogens with zero attached hydrogens (tertiary/aromatic N) is 2. The van der Waals surface area contributed by atoms with Crippen LogP contribution in [0.15, 0.2) is 35.4 Å². The molecule has 186 valence electrons. The number of aromatic nitrogens is 2. The van der Waals surface area contributed by atoms with E-state index in [1.165, 1.54) is 22.2 Å². The summed E-state index contributed by atoms with van der Waals surface area (Å²) in [5, 5.41) is 3.28. The highest BCUT2D eigenvalue weighted by Crippen LogP contribution is 2.38. The van der Waals surface area contributed by atoms with Crippen molar-refractivity contribution >= 4 is 39.1 Å². The van der Waals surface area contributed by atoms with E-state index >= 15 is 0 Å². The summed E-state index contributed by atoms with van der Waals surface area (Å²) in [6.45, 7) is 10.2. The highest BCUT2D eigenvalue weighted by molar-refractivity contribution is 7.20. The maximum Gasteiger partial charge on any atom is 0.326 e. The van der Waals surface area contributed by atoms with Crippen molar-refractivity contribution in [1.29, 1.82) is 0 Å². The number of esters is 1. The largest absolute Gasteiger partial charge is 0.461 e. The molecule has 0 saturated heterocycles. The van der Waals surface area contributed by atoms with Crippen molar-refractivity contribution in [1.82, 2.24) is 9.55 Å². The van der Waals surface area contributed by atoms with E-state index in [-0.39, 0.29) is 29.5 Å². The number of rotatable bonds is 5. The molecule has 8 heteroatoms. The molecule has 1 saturated carbocycles. The van der Waals surface area contributed by atoms with Crippen LogP contribution in [0.4, 0.5) is 5.69 Å². The number of aryl methyl sites for hydroxylation is 2. The van der Waals surface area contributed by atoms with Crippen molar-refractivity contribution in [2.75, 3.05) is 5.32 Å². The van der Waals surface area contributed by atoms with Crippen LogP contribution in [0, 0.1) is 25.2 Å². The van der Waals surface area contributed by atoms with Gasteiger partial charge in [0.05, 0.1) is 16.6 Å². The first-order valence-electron chi connectivity index (χ1n) is 12.1. The highest BCUT2D eigenvalue weighted by Gasteiger charge is 2.31. The second-order valence-corrected chi connectivity index (χ2v) is 11.5. The summed E-state index contributed by atoms with van der Waals surface area (Å²) in [6.07, 6.45) is 5.04. The van der Waals surface area contributed by atoms with E-state index in [2.05, 4.69) is 31.1 Å². The zero-order valence-electron chi connectivity index (χ0n) is 21.0. The van der Waals surface area contributed by atoms with Crippen LogP contribution >= 0.6 is 11.3 Å². The van der Waals surface area contributed by atoms with Gasteiger partial charge in [-0.15, -0.1) is 11.3 Å². The number of hydrogen-bond acceptors (Lipinski definition) is 6. The van der Waals surface area contributed by atoms with Gasteiger partial charge in [0, 0.05) is 5.69 Å². The number of thiophene rings is 1. The van der Waals surface area contributed by atoms with Gasteiger partial charge in [0.25, 0.3) is 11.5 Å². The molecule has 3 aromatic rings. The van der Waals surface area contributed by atoms with Gasteiger partial charge in [-0.05, 0) is 68.1 Å². The minimum Gasteiger partial charge on any atom is -0.461 e. The summed E-state index contributed by atoms with van der Waals surface area (Å²) in [7, 11) is 0. The number of benzene rings is 1. The average Bonchev–Trinajstić information content (AvgIpc) is 3.14. The Balaban J connectivity index is 1.46. The van der Waals surface area contributed by atoms with Crippen LogP contribution in [0.2, 0.25) is 0 Å². The minimum absolute atomic E-state index is 0.104. The van der Waals surface area contributed by atoms with Crippen LogP contribution in [-0.4, -0.2) is 27.5 Å². The monoisotopic (exact) mass is 495 g/mol. The first kappa shape index (κ1) is 25.1. The molecule has 2 aromatic heterocycles. The van der Waals surface area contributed by atoms with Gasteiger partial charge in [-0.25, -0.2) is 4.98 Å². The molecule has 1 aliphatic carbocycles. The molecule has 0 unspecified atom stereocenters. The fraction of sp³-hybridized carbons (Fsp3) is 0.481. The molecule has 0 aliphatic heterocycles. The lowest BCUT2D eigenvalue weighted by molar-refractivity contribution is -0.152. The summed E-state index contributed by atoms with van der Waals surface area (Å²) in [4.78, 5) is 44.0. The second-order valence-electron chi connectivity index (χ2n) is 10.5. The number of anilines is 1. The minimum atomic E-state index is -0.433. The third kappa shape index (κ3) is 5.48. The quantitative estimate of drug-likeness (QED) is 0.474. The van der Waals surface area contributed by atoms with E-state index in [0.717, 1.165) is 36.9 Å². The van der Waals surface area contributed by atoms with E-state index in [4.69, 9.17) is 4.74 Å². The van der Waals surface area contributed by atoms with Gasteiger partial charge in [-0.1, -0.05) is 39.0 Å². The number of hydrogen-bond donors (Lipinski definition) is 1. The predicted octanol–water partition coefficient (Wildman–Crippen LogP) is 5.48. The zero-order valence-corrected chi connectivity index (χ0v) is 21.8. The molecule has 1 amide bonds. The van der Waals surface area contributed by atoms with Crippen molar-refractivity contribution in [2.45, 2.75) is 73.0 Å². The van der Waals surface area contributed by atoms with E-state index in [9.17, 15) is 14.4 Å². The molecule has 7 nitrogen and oxygen atoms in total. The fourth-order valence-electron chi connectivity index (χ4n) is 4.79. The molecule has 0 bridgehead atoms. The van der Waals surface area contributed by atoms with Crippen LogP contribution in [-0.2, 0) is 16.1 Å². The number of amides is 1. The molecule has 1 aliphatic rings. The topological polar surface area (TPSA) is 90.3 Å². The van der Waals surface area contributed by atoms with Gasteiger partial charge < -0.3 is 10.1 Å². The third-order valence-corrected chi connectivity index (χ3v) is 8.21. The Morgan fingerprint density at radius 3 is 2.49 bits per heavy atom. The van der Waals surface area contributed by atoms with Crippen LogP contribution in [0.25, 0.3) is 10.2 Å². The second kappa shape index (κ2) is 9.93. The normalized spacial score (nSPS) is 18.4. The number of para-hydroxylation sites is 1. The number of carbonyl (C=O) groups excluding carboxylic acids is 2. The molecule has 0 radical (unpaired) electrons.